The molecule has 0 aliphatic carbocycles. The van der Waals surface area contributed by atoms with E-state index in [1.54, 1.807) is 12.1 Å². The second-order valence-corrected chi connectivity index (χ2v) is 8.36. The molecular weight excluding hydrogens is 333 g/mol. The lowest BCUT2D eigenvalue weighted by molar-refractivity contribution is 0.0210. The summed E-state index contributed by atoms with van der Waals surface area (Å²) in [6.45, 7) is 6.22. The van der Waals surface area contributed by atoms with Crippen LogP contribution in [0.5, 0.6) is 0 Å². The third-order valence-electron chi connectivity index (χ3n) is 5.41. The number of piperidine rings is 2. The average Bonchev–Trinajstić information content (AvgIpc) is 2.55. The summed E-state index contributed by atoms with van der Waals surface area (Å²) in [4.78, 5) is 2.64. The Kier molecular flexibility index (Phi) is 6.29. The van der Waals surface area contributed by atoms with Crippen LogP contribution < -0.4 is 10.6 Å². The topological polar surface area (TPSA) is 27.3 Å². The van der Waals surface area contributed by atoms with Gasteiger partial charge in [-0.1, -0.05) is 32.4 Å². The number of thiocarbonyl (C=S) groups is 1. The van der Waals surface area contributed by atoms with Crippen molar-refractivity contribution < 1.29 is 4.39 Å². The summed E-state index contributed by atoms with van der Waals surface area (Å²) in [6, 6.07) is 8.63. The van der Waals surface area contributed by atoms with E-state index in [4.69, 9.17) is 12.2 Å². The van der Waals surface area contributed by atoms with Crippen molar-refractivity contribution >= 4 is 17.3 Å². The van der Waals surface area contributed by atoms with Crippen LogP contribution in [0.4, 0.5) is 4.39 Å². The number of nitrogens with zero attached hydrogens (tertiary/aromatic N) is 1. The molecule has 1 aromatic carbocycles. The molecule has 2 N–H and O–H groups in total. The number of hydrogen-bond acceptors (Lipinski definition) is 2. The fraction of sp³-hybridized carbons (Fsp3) is 0.650. The van der Waals surface area contributed by atoms with Crippen LogP contribution in [0.3, 0.4) is 0 Å². The molecule has 2 saturated heterocycles. The Hall–Kier alpha value is -1.20. The van der Waals surface area contributed by atoms with Crippen molar-refractivity contribution in [3.8, 4) is 0 Å². The summed E-state index contributed by atoms with van der Waals surface area (Å²) in [5.41, 5.74) is 1.21. The summed E-state index contributed by atoms with van der Waals surface area (Å²) < 4.78 is 13.1. The van der Waals surface area contributed by atoms with Crippen LogP contribution in [0.1, 0.15) is 51.5 Å². The summed E-state index contributed by atoms with van der Waals surface area (Å²) in [5.74, 6) is 0.436. The lowest BCUT2D eigenvalue weighted by Gasteiger charge is -2.49. The number of hydrogen-bond donors (Lipinski definition) is 2. The van der Waals surface area contributed by atoms with Gasteiger partial charge in [0.15, 0.2) is 5.11 Å². The molecule has 2 aliphatic heterocycles. The molecule has 2 heterocycles. The lowest BCUT2D eigenvalue weighted by atomic mass is 9.81. The average molecular weight is 364 g/mol. The van der Waals surface area contributed by atoms with Crippen LogP contribution in [-0.2, 0) is 6.54 Å². The van der Waals surface area contributed by atoms with Gasteiger partial charge in [0.25, 0.3) is 0 Å². The predicted molar refractivity (Wildman–Crippen MR) is 105 cm³/mol. The number of fused-ring (bicyclic) bond motifs is 2. The second kappa shape index (κ2) is 8.45. The van der Waals surface area contributed by atoms with E-state index in [2.05, 4.69) is 29.4 Å². The minimum absolute atomic E-state index is 0.158. The Morgan fingerprint density at radius 3 is 2.44 bits per heavy atom. The molecule has 1 aromatic rings. The molecule has 3 nitrogen and oxygen atoms in total. The van der Waals surface area contributed by atoms with E-state index in [1.165, 1.54) is 24.8 Å². The van der Waals surface area contributed by atoms with E-state index in [-0.39, 0.29) is 5.82 Å². The second-order valence-electron chi connectivity index (χ2n) is 7.95. The molecule has 0 unspecified atom stereocenters. The zero-order valence-electron chi connectivity index (χ0n) is 15.3. The van der Waals surface area contributed by atoms with Crippen molar-refractivity contribution in [3.05, 3.63) is 35.6 Å². The molecule has 0 spiro atoms. The number of benzene rings is 1. The van der Waals surface area contributed by atoms with Gasteiger partial charge in [0.05, 0.1) is 0 Å². The Morgan fingerprint density at radius 1 is 1.20 bits per heavy atom. The van der Waals surface area contributed by atoms with Crippen molar-refractivity contribution in [3.63, 3.8) is 0 Å². The maximum atomic E-state index is 13.1. The molecule has 0 radical (unpaired) electrons. The quantitative estimate of drug-likeness (QED) is 0.778. The lowest BCUT2D eigenvalue weighted by Crippen LogP contribution is -2.57. The molecule has 5 heteroatoms. The highest BCUT2D eigenvalue weighted by Gasteiger charge is 2.38. The molecule has 2 aliphatic rings. The van der Waals surface area contributed by atoms with Crippen molar-refractivity contribution in [2.24, 2.45) is 5.92 Å². The third kappa shape index (κ3) is 5.14. The van der Waals surface area contributed by atoms with E-state index in [0.717, 1.165) is 31.0 Å². The molecule has 0 amide bonds. The Labute approximate surface area is 156 Å². The van der Waals surface area contributed by atoms with E-state index in [1.807, 2.05) is 12.1 Å². The highest BCUT2D eigenvalue weighted by atomic mass is 32.1. The Balaban J connectivity index is 1.57. The molecule has 3 rings (SSSR count). The number of rotatable bonds is 5. The van der Waals surface area contributed by atoms with Crippen molar-refractivity contribution in [1.29, 1.82) is 0 Å². The molecule has 0 saturated carbocycles. The van der Waals surface area contributed by atoms with Crippen LogP contribution in [0.25, 0.3) is 0 Å². The largest absolute Gasteiger partial charge is 0.362 e. The van der Waals surface area contributed by atoms with Gasteiger partial charge in [-0.15, -0.1) is 0 Å². The first-order valence-electron chi connectivity index (χ1n) is 9.56. The van der Waals surface area contributed by atoms with Crippen LogP contribution in [0.15, 0.2) is 24.3 Å². The van der Waals surface area contributed by atoms with Gasteiger partial charge in [0.1, 0.15) is 5.82 Å². The van der Waals surface area contributed by atoms with Gasteiger partial charge in [-0.05, 0) is 61.5 Å². The highest BCUT2D eigenvalue weighted by molar-refractivity contribution is 7.80. The maximum Gasteiger partial charge on any atom is 0.166 e. The molecule has 138 valence electrons. The molecule has 25 heavy (non-hydrogen) atoms. The van der Waals surface area contributed by atoms with Crippen molar-refractivity contribution in [1.82, 2.24) is 15.5 Å². The Bertz CT molecular complexity index is 561. The summed E-state index contributed by atoms with van der Waals surface area (Å²) in [5, 5.41) is 7.66. The monoisotopic (exact) mass is 363 g/mol. The molecule has 2 bridgehead atoms. The first-order valence-corrected chi connectivity index (χ1v) is 9.96. The predicted octanol–water partition coefficient (Wildman–Crippen LogP) is 3.83. The van der Waals surface area contributed by atoms with Gasteiger partial charge >= 0.3 is 0 Å². The summed E-state index contributed by atoms with van der Waals surface area (Å²) >= 11 is 5.46. The van der Waals surface area contributed by atoms with Gasteiger partial charge < -0.3 is 10.6 Å². The van der Waals surface area contributed by atoms with Crippen LogP contribution in [0, 0.1) is 11.7 Å². The van der Waals surface area contributed by atoms with E-state index in [9.17, 15) is 4.39 Å². The van der Waals surface area contributed by atoms with Gasteiger partial charge in [-0.25, -0.2) is 4.39 Å². The van der Waals surface area contributed by atoms with Gasteiger partial charge in [0, 0.05) is 31.2 Å². The first kappa shape index (κ1) is 18.6. The van der Waals surface area contributed by atoms with Crippen LogP contribution >= 0.6 is 12.2 Å². The molecular formula is C20H30FN3S. The Morgan fingerprint density at radius 2 is 1.84 bits per heavy atom. The molecule has 0 aromatic heterocycles. The van der Waals surface area contributed by atoms with E-state index in [0.29, 0.717) is 24.0 Å². The summed E-state index contributed by atoms with van der Waals surface area (Å²) in [6.07, 6.45) is 6.10. The van der Waals surface area contributed by atoms with Crippen LogP contribution in [0.2, 0.25) is 0 Å². The minimum atomic E-state index is -0.158. The zero-order chi connectivity index (χ0) is 17.8. The normalized spacial score (nSPS) is 26.5. The smallest absolute Gasteiger partial charge is 0.166 e. The maximum absolute atomic E-state index is 13.1. The number of halogens is 1. The van der Waals surface area contributed by atoms with Gasteiger partial charge in [-0.3, -0.25) is 4.90 Å². The highest BCUT2D eigenvalue weighted by Crippen LogP contribution is 2.35. The summed E-state index contributed by atoms with van der Waals surface area (Å²) in [7, 11) is 0. The van der Waals surface area contributed by atoms with Crippen molar-refractivity contribution in [2.45, 2.75) is 70.6 Å². The first-order chi connectivity index (χ1) is 12.0. The molecule has 2 atom stereocenters. The van der Waals surface area contributed by atoms with E-state index < -0.39 is 0 Å². The van der Waals surface area contributed by atoms with Crippen LogP contribution in [-0.4, -0.2) is 34.7 Å². The SMILES string of the molecule is CC(C)CNC(=S)NC1C[C@@H]2CCC[C@@H](C1)N2Cc1ccc(F)cc1. The fourth-order valence-corrected chi connectivity index (χ4v) is 4.44. The standard InChI is InChI=1S/C20H30FN3S/c1-14(2)12-22-20(25)23-17-10-18-4-3-5-19(11-17)24(18)13-15-6-8-16(21)9-7-15/h6-9,14,17-19H,3-5,10-13H2,1-2H3,(H2,22,23,25)/t18-,19-/m0/s1. The van der Waals surface area contributed by atoms with E-state index >= 15 is 0 Å². The number of nitrogens with one attached hydrogen (secondary N) is 2. The zero-order valence-corrected chi connectivity index (χ0v) is 16.1. The minimum Gasteiger partial charge on any atom is -0.362 e. The third-order valence-corrected chi connectivity index (χ3v) is 5.67. The van der Waals surface area contributed by atoms with Crippen molar-refractivity contribution in [2.75, 3.05) is 6.54 Å². The fourth-order valence-electron chi connectivity index (χ4n) is 4.19. The van der Waals surface area contributed by atoms with Gasteiger partial charge in [-0.2, -0.15) is 0 Å². The molecule has 2 fully saturated rings. The van der Waals surface area contributed by atoms with Gasteiger partial charge in [0.2, 0.25) is 0 Å².